The Hall–Kier alpha value is -1.46. The summed E-state index contributed by atoms with van der Waals surface area (Å²) >= 11 is 12.3. The maximum absolute atomic E-state index is 13.2. The molecule has 3 rings (SSSR count). The number of hydrogen-bond acceptors (Lipinski definition) is 2. The van der Waals surface area contributed by atoms with E-state index in [9.17, 15) is 4.79 Å². The van der Waals surface area contributed by atoms with Gasteiger partial charge in [-0.1, -0.05) is 47.5 Å². The van der Waals surface area contributed by atoms with E-state index < -0.39 is 0 Å². The van der Waals surface area contributed by atoms with Crippen molar-refractivity contribution in [2.75, 3.05) is 11.9 Å². The summed E-state index contributed by atoms with van der Waals surface area (Å²) in [6, 6.07) is 13.4. The minimum absolute atomic E-state index is 0. The van der Waals surface area contributed by atoms with Gasteiger partial charge in [0.15, 0.2) is 0 Å². The molecule has 2 atom stereocenters. The van der Waals surface area contributed by atoms with Gasteiger partial charge in [0.25, 0.3) is 0 Å². The first-order valence-electron chi connectivity index (χ1n) is 9.26. The van der Waals surface area contributed by atoms with Gasteiger partial charge < -0.3 is 15.5 Å². The van der Waals surface area contributed by atoms with E-state index in [0.717, 1.165) is 30.5 Å². The Labute approximate surface area is 183 Å². The molecule has 0 bridgehead atoms. The molecule has 0 aliphatic carbocycles. The van der Waals surface area contributed by atoms with Crippen LogP contribution in [0, 0.1) is 6.92 Å². The Kier molecular flexibility index (Phi) is 8.44. The van der Waals surface area contributed by atoms with Gasteiger partial charge in [0.05, 0.1) is 10.7 Å². The van der Waals surface area contributed by atoms with Gasteiger partial charge in [-0.15, -0.1) is 12.4 Å². The van der Waals surface area contributed by atoms with Gasteiger partial charge in [-0.3, -0.25) is 0 Å². The number of para-hydroxylation sites is 1. The lowest BCUT2D eigenvalue weighted by atomic mass is 10.1. The predicted octanol–water partition coefficient (Wildman–Crippen LogP) is 5.90. The van der Waals surface area contributed by atoms with E-state index in [1.165, 1.54) is 0 Å². The highest BCUT2D eigenvalue weighted by Gasteiger charge is 2.29. The summed E-state index contributed by atoms with van der Waals surface area (Å²) in [6.45, 7) is 5.53. The molecule has 2 aromatic carbocycles. The molecule has 1 aliphatic heterocycles. The molecule has 1 saturated heterocycles. The molecular formula is C21H26Cl3N3O. The summed E-state index contributed by atoms with van der Waals surface area (Å²) in [5.41, 5.74) is 2.64. The normalized spacial score (nSPS) is 16.9. The highest BCUT2D eigenvalue weighted by molar-refractivity contribution is 6.33. The second-order valence-corrected chi connectivity index (χ2v) is 7.90. The molecular weight excluding hydrogens is 417 g/mol. The van der Waals surface area contributed by atoms with E-state index in [-0.39, 0.29) is 30.5 Å². The van der Waals surface area contributed by atoms with E-state index in [1.54, 1.807) is 6.07 Å². The third kappa shape index (κ3) is 5.54. The second kappa shape index (κ2) is 10.4. The molecule has 152 valence electrons. The number of aryl methyl sites for hydroxylation is 1. The van der Waals surface area contributed by atoms with Gasteiger partial charge in [0, 0.05) is 23.7 Å². The van der Waals surface area contributed by atoms with Crippen LogP contribution in [0.25, 0.3) is 0 Å². The van der Waals surface area contributed by atoms with E-state index in [4.69, 9.17) is 23.2 Å². The zero-order valence-electron chi connectivity index (χ0n) is 16.0. The topological polar surface area (TPSA) is 44.4 Å². The molecule has 0 spiro atoms. The van der Waals surface area contributed by atoms with Crippen molar-refractivity contribution in [1.29, 1.82) is 0 Å². The average Bonchev–Trinajstić information content (AvgIpc) is 3.18. The fraction of sp³-hybridized carbons (Fsp3) is 0.381. The molecule has 0 radical (unpaired) electrons. The average molecular weight is 443 g/mol. The Morgan fingerprint density at radius 2 is 1.96 bits per heavy atom. The van der Waals surface area contributed by atoms with Crippen LogP contribution in [0.5, 0.6) is 0 Å². The lowest BCUT2D eigenvalue weighted by molar-refractivity contribution is 0.174. The maximum atomic E-state index is 13.2. The highest BCUT2D eigenvalue weighted by atomic mass is 35.5. The third-order valence-corrected chi connectivity index (χ3v) is 5.72. The summed E-state index contributed by atoms with van der Waals surface area (Å²) in [7, 11) is 0. The van der Waals surface area contributed by atoms with E-state index in [1.807, 2.05) is 48.2 Å². The van der Waals surface area contributed by atoms with Gasteiger partial charge in [-0.05, 0) is 62.6 Å². The largest absolute Gasteiger partial charge is 0.322 e. The number of urea groups is 1. The standard InChI is InChI=1S/C21H25Cl2N3O.ClH/c1-14-5-3-6-18(23)20(14)25-21(27)26(15(2)19-7-4-12-24-19)13-16-8-10-17(22)11-9-16;/h3,5-6,8-11,15,19,24H,4,7,12-13H2,1-2H3,(H,25,27);1H. The summed E-state index contributed by atoms with van der Waals surface area (Å²) in [5, 5.41) is 7.75. The Bertz CT molecular complexity index is 772. The monoisotopic (exact) mass is 441 g/mol. The fourth-order valence-electron chi connectivity index (χ4n) is 3.50. The molecule has 1 aliphatic rings. The number of nitrogens with zero attached hydrogens (tertiary/aromatic N) is 1. The van der Waals surface area contributed by atoms with E-state index in [0.29, 0.717) is 22.3 Å². The van der Waals surface area contributed by atoms with Crippen molar-refractivity contribution in [2.45, 2.75) is 45.3 Å². The quantitative estimate of drug-likeness (QED) is 0.605. The minimum atomic E-state index is -0.151. The smallest absolute Gasteiger partial charge is 0.316 e. The number of anilines is 1. The Balaban J connectivity index is 0.00000280. The zero-order chi connectivity index (χ0) is 19.4. The number of rotatable bonds is 5. The molecule has 2 amide bonds. The molecule has 1 heterocycles. The molecule has 1 fully saturated rings. The molecule has 7 heteroatoms. The SMILES string of the molecule is Cc1cccc(Cl)c1NC(=O)N(Cc1ccc(Cl)cc1)C(C)C1CCCN1.Cl. The summed E-state index contributed by atoms with van der Waals surface area (Å²) in [6.07, 6.45) is 2.20. The number of benzene rings is 2. The molecule has 28 heavy (non-hydrogen) atoms. The van der Waals surface area contributed by atoms with Gasteiger partial charge in [-0.2, -0.15) is 0 Å². The van der Waals surface area contributed by atoms with Gasteiger partial charge >= 0.3 is 6.03 Å². The summed E-state index contributed by atoms with van der Waals surface area (Å²) < 4.78 is 0. The molecule has 2 unspecified atom stereocenters. The van der Waals surface area contributed by atoms with Gasteiger partial charge in [0.2, 0.25) is 0 Å². The molecule has 2 aromatic rings. The van der Waals surface area contributed by atoms with Crippen molar-refractivity contribution >= 4 is 47.3 Å². The van der Waals surface area contributed by atoms with Gasteiger partial charge in [0.1, 0.15) is 0 Å². The summed E-state index contributed by atoms with van der Waals surface area (Å²) in [5.74, 6) is 0. The van der Waals surface area contributed by atoms with Crippen LogP contribution in [-0.2, 0) is 6.54 Å². The van der Waals surface area contributed by atoms with Crippen LogP contribution in [0.1, 0.15) is 30.9 Å². The van der Waals surface area contributed by atoms with Crippen LogP contribution < -0.4 is 10.6 Å². The van der Waals surface area contributed by atoms with Crippen molar-refractivity contribution in [2.24, 2.45) is 0 Å². The van der Waals surface area contributed by atoms with Crippen molar-refractivity contribution in [1.82, 2.24) is 10.2 Å². The van der Waals surface area contributed by atoms with Crippen molar-refractivity contribution in [3.63, 3.8) is 0 Å². The zero-order valence-corrected chi connectivity index (χ0v) is 18.4. The minimum Gasteiger partial charge on any atom is -0.316 e. The number of carbonyl (C=O) groups is 1. The molecule has 0 saturated carbocycles. The third-order valence-electron chi connectivity index (χ3n) is 5.15. The van der Waals surface area contributed by atoms with Crippen molar-refractivity contribution in [3.05, 3.63) is 63.6 Å². The number of halogens is 3. The van der Waals surface area contributed by atoms with Crippen LogP contribution in [0.4, 0.5) is 10.5 Å². The van der Waals surface area contributed by atoms with Crippen LogP contribution in [-0.4, -0.2) is 29.6 Å². The predicted molar refractivity (Wildman–Crippen MR) is 120 cm³/mol. The lowest BCUT2D eigenvalue weighted by Gasteiger charge is -2.33. The summed E-state index contributed by atoms with van der Waals surface area (Å²) in [4.78, 5) is 15.1. The van der Waals surface area contributed by atoms with E-state index >= 15 is 0 Å². The number of hydrogen-bond donors (Lipinski definition) is 2. The lowest BCUT2D eigenvalue weighted by Crippen LogP contribution is -2.49. The van der Waals surface area contributed by atoms with Crippen molar-refractivity contribution < 1.29 is 4.79 Å². The highest BCUT2D eigenvalue weighted by Crippen LogP contribution is 2.27. The van der Waals surface area contributed by atoms with E-state index in [2.05, 4.69) is 17.6 Å². The second-order valence-electron chi connectivity index (χ2n) is 7.06. The maximum Gasteiger partial charge on any atom is 0.322 e. The van der Waals surface area contributed by atoms with Crippen LogP contribution >= 0.6 is 35.6 Å². The van der Waals surface area contributed by atoms with Crippen molar-refractivity contribution in [3.8, 4) is 0 Å². The first kappa shape index (κ1) is 22.8. The van der Waals surface area contributed by atoms with Gasteiger partial charge in [-0.25, -0.2) is 4.79 Å². The Morgan fingerprint density at radius 1 is 1.25 bits per heavy atom. The Morgan fingerprint density at radius 3 is 2.57 bits per heavy atom. The molecule has 0 aromatic heterocycles. The first-order chi connectivity index (χ1) is 13.0. The van der Waals surface area contributed by atoms with Crippen LogP contribution in [0.2, 0.25) is 10.0 Å². The van der Waals surface area contributed by atoms with Crippen LogP contribution in [0.15, 0.2) is 42.5 Å². The molecule has 4 nitrogen and oxygen atoms in total. The number of carbonyl (C=O) groups excluding carboxylic acids is 1. The van der Waals surface area contributed by atoms with Crippen LogP contribution in [0.3, 0.4) is 0 Å². The number of amides is 2. The molecule has 2 N–H and O–H groups in total. The first-order valence-corrected chi connectivity index (χ1v) is 10.0. The number of nitrogens with one attached hydrogen (secondary N) is 2. The fourth-order valence-corrected chi connectivity index (χ4v) is 3.89.